The summed E-state index contributed by atoms with van der Waals surface area (Å²) >= 11 is 0. The topological polar surface area (TPSA) is 242 Å². The Bertz CT molecular complexity index is 2440. The van der Waals surface area contributed by atoms with Gasteiger partial charge in [0.1, 0.15) is 58.5 Å². The van der Waals surface area contributed by atoms with Gasteiger partial charge in [-0.15, -0.1) is 0 Å². The highest BCUT2D eigenvalue weighted by Gasteiger charge is 2.51. The molecule has 0 spiro atoms. The molecule has 18 nitrogen and oxygen atoms in total. The molecule has 4 aromatic rings. The van der Waals surface area contributed by atoms with Crippen LogP contribution in [-0.2, 0) is 38.0 Å². The van der Waals surface area contributed by atoms with Crippen molar-refractivity contribution >= 4 is 48.0 Å². The first-order valence-electron chi connectivity index (χ1n) is 19.0. The van der Waals surface area contributed by atoms with E-state index in [0.29, 0.717) is 0 Å². The van der Waals surface area contributed by atoms with E-state index in [0.717, 1.165) is 0 Å². The van der Waals surface area contributed by atoms with Gasteiger partial charge in [-0.3, -0.25) is 0 Å². The number of nitrogens with zero attached hydrogens (tertiary/aromatic N) is 2. The second-order valence-electron chi connectivity index (χ2n) is 13.5. The third kappa shape index (κ3) is 10.4. The van der Waals surface area contributed by atoms with Crippen LogP contribution in [0.2, 0.25) is 0 Å². The molecule has 4 atom stereocenters. The molecule has 326 valence electrons. The average molecular weight is 873 g/mol. The molecule has 2 aliphatic rings. The molecular weight excluding hydrogens is 837 g/mol. The first-order valence-corrected chi connectivity index (χ1v) is 19.0. The molecule has 0 radical (unpaired) electrons. The second-order valence-corrected chi connectivity index (χ2v) is 13.5. The van der Waals surface area contributed by atoms with Crippen LogP contribution in [0.5, 0.6) is 23.0 Å². The Hall–Kier alpha value is -8.32. The number of hydrogen-bond donors (Lipinski definition) is 0. The van der Waals surface area contributed by atoms with Crippen LogP contribution >= 0.6 is 0 Å². The van der Waals surface area contributed by atoms with E-state index in [1.807, 2.05) is 12.1 Å². The lowest BCUT2D eigenvalue weighted by atomic mass is 10.1. The molecule has 0 saturated carbocycles. The van der Waals surface area contributed by atoms with Crippen molar-refractivity contribution in [2.45, 2.75) is 24.4 Å². The molecule has 0 unspecified atom stereocenters. The van der Waals surface area contributed by atoms with Crippen LogP contribution in [0.3, 0.4) is 0 Å². The summed E-state index contributed by atoms with van der Waals surface area (Å²) in [5.74, 6) is -4.08. The maximum Gasteiger partial charge on any atom is 0.349 e. The van der Waals surface area contributed by atoms with Gasteiger partial charge in [0.25, 0.3) is 0 Å². The number of hydrogen-bond acceptors (Lipinski definition) is 18. The minimum Gasteiger partial charge on any atom is -0.496 e. The van der Waals surface area contributed by atoms with Crippen LogP contribution in [0, 0.1) is 22.7 Å². The lowest BCUT2D eigenvalue weighted by molar-refractivity contribution is -0.150. The van der Waals surface area contributed by atoms with Gasteiger partial charge in [-0.05, 0) is 84.9 Å². The summed E-state index contributed by atoms with van der Waals surface area (Å²) in [6, 6.07) is 23.4. The molecule has 2 heterocycles. The Kier molecular flexibility index (Phi) is 14.5. The molecule has 0 amide bonds. The molecule has 0 aliphatic carbocycles. The van der Waals surface area contributed by atoms with E-state index in [1.165, 1.54) is 126 Å². The molecule has 0 aromatic heterocycles. The molecule has 6 rings (SSSR count). The molecular formula is C46H36N2O16. The fourth-order valence-corrected chi connectivity index (χ4v) is 6.42. The predicted octanol–water partition coefficient (Wildman–Crippen LogP) is 4.85. The second kappa shape index (κ2) is 20.5. The summed E-state index contributed by atoms with van der Waals surface area (Å²) in [7, 11) is 5.16. The summed E-state index contributed by atoms with van der Waals surface area (Å²) in [6.07, 6.45) is -1.29. The van der Waals surface area contributed by atoms with E-state index < -0.39 is 71.4 Å². The van der Waals surface area contributed by atoms with Crippen LogP contribution in [0.1, 0.15) is 52.6 Å². The first-order chi connectivity index (χ1) is 30.9. The molecule has 4 aromatic carbocycles. The van der Waals surface area contributed by atoms with Crippen LogP contribution in [0.4, 0.5) is 0 Å². The number of benzene rings is 4. The van der Waals surface area contributed by atoms with Gasteiger partial charge < -0.3 is 47.4 Å². The monoisotopic (exact) mass is 872 g/mol. The quantitative estimate of drug-likeness (QED) is 0.0540. The lowest BCUT2D eigenvalue weighted by Gasteiger charge is -2.17. The van der Waals surface area contributed by atoms with Gasteiger partial charge in [0.15, 0.2) is 12.2 Å². The zero-order valence-corrected chi connectivity index (χ0v) is 34.4. The third-order valence-corrected chi connectivity index (χ3v) is 9.67. The Morgan fingerprint density at radius 3 is 1.19 bits per heavy atom. The Labute approximate surface area is 364 Å². The molecule has 0 N–H and O–H groups in total. The highest BCUT2D eigenvalue weighted by atomic mass is 16.7. The van der Waals surface area contributed by atoms with E-state index in [1.54, 1.807) is 0 Å². The van der Waals surface area contributed by atoms with Crippen molar-refractivity contribution in [3.63, 3.8) is 0 Å². The number of nitriles is 2. The predicted molar refractivity (Wildman–Crippen MR) is 218 cm³/mol. The number of fused-ring (bicyclic) bond motifs is 1. The van der Waals surface area contributed by atoms with Gasteiger partial charge in [-0.1, -0.05) is 0 Å². The molecule has 18 heteroatoms. The third-order valence-electron chi connectivity index (χ3n) is 9.67. The number of methoxy groups -OCH3 is 4. The normalized spacial score (nSPS) is 17.7. The van der Waals surface area contributed by atoms with Crippen molar-refractivity contribution in [3.05, 3.63) is 129 Å². The van der Waals surface area contributed by atoms with Gasteiger partial charge >= 0.3 is 35.8 Å². The standard InChI is InChI=1S/C46H36N2O16/c1-55-35-19-33(61-43(51)27-9-5-25(6-10-27)41(49)57-3)15-13-29(35)17-31(21-47)45(53)63-37-23-59-40-38(24-60-39(37)40)64-46(54)32(22-48)18-30-14-16-34(20-36(30)56-2)62-44(52)28-11-7-26(8-12-28)42(50)58-4/h5-20,37-40H,23-24H2,1-4H3/b31-17+,32-18+/t37-,38+,39-,40-/m1/s1. The van der Waals surface area contributed by atoms with Crippen LogP contribution in [0.25, 0.3) is 12.2 Å². The molecule has 2 fully saturated rings. The van der Waals surface area contributed by atoms with Crippen LogP contribution in [-0.4, -0.2) is 102 Å². The lowest BCUT2D eigenvalue weighted by Crippen LogP contribution is -2.36. The van der Waals surface area contributed by atoms with Gasteiger partial charge in [0, 0.05) is 23.3 Å². The summed E-state index contributed by atoms with van der Waals surface area (Å²) < 4.78 is 53.8. The van der Waals surface area contributed by atoms with Crippen molar-refractivity contribution in [1.29, 1.82) is 10.5 Å². The molecule has 64 heavy (non-hydrogen) atoms. The molecule has 2 saturated heterocycles. The number of ether oxygens (including phenoxy) is 10. The van der Waals surface area contributed by atoms with Crippen molar-refractivity contribution in [2.24, 2.45) is 0 Å². The highest BCUT2D eigenvalue weighted by Crippen LogP contribution is 2.33. The van der Waals surface area contributed by atoms with E-state index in [2.05, 4.69) is 9.47 Å². The summed E-state index contributed by atoms with van der Waals surface area (Å²) in [6.45, 7) is -0.312. The zero-order chi connectivity index (χ0) is 45.9. The highest BCUT2D eigenvalue weighted by molar-refractivity contribution is 6.00. The maximum absolute atomic E-state index is 13.2. The van der Waals surface area contributed by atoms with Crippen molar-refractivity contribution in [2.75, 3.05) is 41.7 Å². The molecule has 2 aliphatic heterocycles. The summed E-state index contributed by atoms with van der Waals surface area (Å²) in [4.78, 5) is 75.3. The first kappa shape index (κ1) is 45.2. The van der Waals surface area contributed by atoms with Crippen molar-refractivity contribution in [1.82, 2.24) is 0 Å². The van der Waals surface area contributed by atoms with Crippen LogP contribution < -0.4 is 18.9 Å². The summed E-state index contributed by atoms with van der Waals surface area (Å²) in [5.41, 5.74) is 0.573. The number of carbonyl (C=O) groups excluding carboxylic acids is 6. The van der Waals surface area contributed by atoms with Crippen molar-refractivity contribution in [3.8, 4) is 35.1 Å². The fourth-order valence-electron chi connectivity index (χ4n) is 6.42. The average Bonchev–Trinajstić information content (AvgIpc) is 3.92. The minimum absolute atomic E-state index is 0.0925. The van der Waals surface area contributed by atoms with E-state index in [4.69, 9.17) is 37.9 Å². The van der Waals surface area contributed by atoms with Crippen molar-refractivity contribution < 1.29 is 76.1 Å². The smallest absolute Gasteiger partial charge is 0.349 e. The van der Waals surface area contributed by atoms with Crippen LogP contribution in [0.15, 0.2) is 96.1 Å². The summed E-state index contributed by atoms with van der Waals surface area (Å²) in [5, 5.41) is 19.8. The zero-order valence-electron chi connectivity index (χ0n) is 34.4. The largest absolute Gasteiger partial charge is 0.496 e. The van der Waals surface area contributed by atoms with Gasteiger partial charge in [0.2, 0.25) is 0 Å². The Morgan fingerprint density at radius 1 is 0.531 bits per heavy atom. The molecule has 0 bridgehead atoms. The van der Waals surface area contributed by atoms with E-state index >= 15 is 0 Å². The SMILES string of the molecule is COC(=O)c1ccc(C(=O)Oc2ccc(/C=C(\C#N)C(=O)O[C@H]3CO[C@H]4[C@@H]3OC[C@H]4OC(=O)/C(C#N)=C/c3ccc(OC(=O)c4ccc(C(=O)OC)cc4)cc3OC)c(OC)c2)cc1. The van der Waals surface area contributed by atoms with E-state index in [-0.39, 0.29) is 69.6 Å². The number of carbonyl (C=O) groups is 6. The number of rotatable bonds is 14. The fraction of sp³-hybridized carbons (Fsp3) is 0.217. The maximum atomic E-state index is 13.2. The van der Waals surface area contributed by atoms with Gasteiger partial charge in [-0.2, -0.15) is 10.5 Å². The Balaban J connectivity index is 1.05. The minimum atomic E-state index is -1.01. The van der Waals surface area contributed by atoms with Gasteiger partial charge in [-0.25, -0.2) is 28.8 Å². The Morgan fingerprint density at radius 2 is 0.875 bits per heavy atom. The van der Waals surface area contributed by atoms with E-state index in [9.17, 15) is 39.3 Å². The van der Waals surface area contributed by atoms with Gasteiger partial charge in [0.05, 0.1) is 63.9 Å². The number of esters is 6.